The molecule has 1 amide bonds. The summed E-state index contributed by atoms with van der Waals surface area (Å²) in [4.78, 5) is 20.9. The quantitative estimate of drug-likeness (QED) is 0.719. The van der Waals surface area contributed by atoms with Gasteiger partial charge in [0.2, 0.25) is 6.23 Å². The van der Waals surface area contributed by atoms with E-state index < -0.39 is 12.1 Å². The van der Waals surface area contributed by atoms with Crippen molar-refractivity contribution in [3.8, 4) is 0 Å². The Morgan fingerprint density at radius 1 is 1.20 bits per heavy atom. The summed E-state index contributed by atoms with van der Waals surface area (Å²) in [6.07, 6.45) is 6.84. The number of primary amides is 1. The molecule has 2 N–H and O–H groups in total. The molecule has 4 heterocycles. The van der Waals surface area contributed by atoms with Gasteiger partial charge in [0.15, 0.2) is 0 Å². The van der Waals surface area contributed by atoms with Crippen LogP contribution in [0.15, 0.2) is 48.6 Å². The van der Waals surface area contributed by atoms with Crippen LogP contribution in [0, 0.1) is 6.92 Å². The van der Waals surface area contributed by atoms with Crippen molar-refractivity contribution in [3.63, 3.8) is 0 Å². The number of hydrogen-bond acceptors (Lipinski definition) is 6. The van der Waals surface area contributed by atoms with E-state index in [4.69, 9.17) is 10.5 Å². The molecule has 5 rings (SSSR count). The number of ether oxygens (including phenoxy) is 1. The van der Waals surface area contributed by atoms with Gasteiger partial charge in [0, 0.05) is 43.0 Å². The summed E-state index contributed by atoms with van der Waals surface area (Å²) in [5, 5.41) is 5.40. The Labute approximate surface area is 174 Å². The van der Waals surface area contributed by atoms with Gasteiger partial charge in [0.25, 0.3) is 5.91 Å². The molecule has 154 valence electrons. The Balaban J connectivity index is 1.71. The van der Waals surface area contributed by atoms with E-state index in [2.05, 4.69) is 27.1 Å². The summed E-state index contributed by atoms with van der Waals surface area (Å²) in [6, 6.07) is 8.09. The normalized spacial score (nSPS) is 18.7. The molecule has 0 saturated carbocycles. The monoisotopic (exact) mass is 404 g/mol. The lowest BCUT2D eigenvalue weighted by Gasteiger charge is -2.32. The summed E-state index contributed by atoms with van der Waals surface area (Å²) in [5.41, 5.74) is 10.9. The highest BCUT2D eigenvalue weighted by molar-refractivity contribution is 6.00. The van der Waals surface area contributed by atoms with Crippen LogP contribution in [0.2, 0.25) is 0 Å². The number of aryl methyl sites for hydroxylation is 2. The minimum absolute atomic E-state index is 0.332. The number of aromatic nitrogens is 3. The molecular formula is C22H24N6O2. The number of benzene rings is 1. The number of carbonyl (C=O) groups excluding carboxylic acids is 1. The van der Waals surface area contributed by atoms with E-state index in [0.29, 0.717) is 5.70 Å². The first-order valence-corrected chi connectivity index (χ1v) is 10.1. The highest BCUT2D eigenvalue weighted by atomic mass is 16.5. The minimum Gasteiger partial charge on any atom is -0.471 e. The van der Waals surface area contributed by atoms with E-state index in [1.807, 2.05) is 41.9 Å². The predicted octanol–water partition coefficient (Wildman–Crippen LogP) is 2.74. The Morgan fingerprint density at radius 2 is 2.00 bits per heavy atom. The van der Waals surface area contributed by atoms with Gasteiger partial charge in [-0.1, -0.05) is 0 Å². The molecule has 30 heavy (non-hydrogen) atoms. The van der Waals surface area contributed by atoms with Crippen LogP contribution >= 0.6 is 0 Å². The Morgan fingerprint density at radius 3 is 2.73 bits per heavy atom. The Hall–Kier alpha value is -3.55. The largest absolute Gasteiger partial charge is 0.471 e. The van der Waals surface area contributed by atoms with Crippen LogP contribution in [0.4, 0.5) is 11.4 Å². The molecule has 1 fully saturated rings. The van der Waals surface area contributed by atoms with Gasteiger partial charge in [0.1, 0.15) is 12.0 Å². The molecule has 1 unspecified atom stereocenters. The fourth-order valence-corrected chi connectivity index (χ4v) is 4.34. The second-order valence-electron chi connectivity index (χ2n) is 7.82. The van der Waals surface area contributed by atoms with E-state index in [1.54, 1.807) is 6.20 Å². The van der Waals surface area contributed by atoms with E-state index in [1.165, 1.54) is 6.26 Å². The van der Waals surface area contributed by atoms with Crippen LogP contribution in [0.1, 0.15) is 30.3 Å². The second kappa shape index (κ2) is 7.05. The lowest BCUT2D eigenvalue weighted by Crippen LogP contribution is -2.33. The third-order valence-electron chi connectivity index (χ3n) is 5.81. The van der Waals surface area contributed by atoms with E-state index in [0.717, 1.165) is 59.5 Å². The van der Waals surface area contributed by atoms with Gasteiger partial charge in [0.05, 0.1) is 23.1 Å². The van der Waals surface area contributed by atoms with Crippen molar-refractivity contribution in [3.05, 3.63) is 59.9 Å². The molecule has 1 atom stereocenters. The fourth-order valence-electron chi connectivity index (χ4n) is 4.34. The number of amides is 1. The maximum Gasteiger partial charge on any atom is 0.268 e. The summed E-state index contributed by atoms with van der Waals surface area (Å²) in [6.45, 7) is 3.88. The van der Waals surface area contributed by atoms with Gasteiger partial charge in [-0.25, -0.2) is 0 Å². The molecule has 2 aromatic heterocycles. The van der Waals surface area contributed by atoms with Crippen LogP contribution in [0.3, 0.4) is 0 Å². The number of hydrogen-bond donors (Lipinski definition) is 1. The molecule has 3 aromatic rings. The summed E-state index contributed by atoms with van der Waals surface area (Å²) in [7, 11) is 1.94. The summed E-state index contributed by atoms with van der Waals surface area (Å²) < 4.78 is 7.83. The van der Waals surface area contributed by atoms with Crippen molar-refractivity contribution in [2.24, 2.45) is 12.8 Å². The standard InChI is InChI=1S/C22H24N6O2/c1-14-9-15(5-6-24-14)22-28(20(13-30-22)21(23)29)19-10-16-12-25-26(2)17(16)11-18(19)27-7-3-4-8-27/h5-6,9-13,22H,3-4,7-8H2,1-2H3,(H2,23,29). The van der Waals surface area contributed by atoms with Gasteiger partial charge in [-0.05, 0) is 44.0 Å². The van der Waals surface area contributed by atoms with E-state index >= 15 is 0 Å². The molecule has 8 heteroatoms. The van der Waals surface area contributed by atoms with Crippen LogP contribution in [-0.2, 0) is 16.6 Å². The average molecular weight is 404 g/mol. The lowest BCUT2D eigenvalue weighted by molar-refractivity contribution is -0.114. The van der Waals surface area contributed by atoms with Crippen molar-refractivity contribution in [1.29, 1.82) is 0 Å². The zero-order chi connectivity index (χ0) is 20.8. The maximum atomic E-state index is 12.3. The molecule has 2 aliphatic heterocycles. The van der Waals surface area contributed by atoms with E-state index in [9.17, 15) is 4.79 Å². The smallest absolute Gasteiger partial charge is 0.268 e. The third-order valence-corrected chi connectivity index (χ3v) is 5.81. The lowest BCUT2D eigenvalue weighted by atomic mass is 10.1. The number of anilines is 2. The average Bonchev–Trinajstić information content (AvgIpc) is 3.47. The molecule has 0 aliphatic carbocycles. The first-order valence-electron chi connectivity index (χ1n) is 10.1. The molecule has 8 nitrogen and oxygen atoms in total. The first-order chi connectivity index (χ1) is 14.5. The summed E-state index contributed by atoms with van der Waals surface area (Å²) >= 11 is 0. The Bertz CT molecular complexity index is 1160. The Kier molecular flexibility index (Phi) is 4.34. The minimum atomic E-state index is -0.526. The van der Waals surface area contributed by atoms with Crippen molar-refractivity contribution in [2.75, 3.05) is 22.9 Å². The highest BCUT2D eigenvalue weighted by Gasteiger charge is 2.36. The maximum absolute atomic E-state index is 12.3. The van der Waals surface area contributed by atoms with Crippen LogP contribution in [0.5, 0.6) is 0 Å². The van der Waals surface area contributed by atoms with Gasteiger partial charge < -0.3 is 15.4 Å². The predicted molar refractivity (Wildman–Crippen MR) is 115 cm³/mol. The molecule has 0 bridgehead atoms. The number of nitrogens with two attached hydrogens (primary N) is 1. The zero-order valence-electron chi connectivity index (χ0n) is 17.1. The van der Waals surface area contributed by atoms with Crippen molar-refractivity contribution in [1.82, 2.24) is 14.8 Å². The SMILES string of the molecule is Cc1cc(C2OC=C(C(N)=O)N2c2cc3cnn(C)c3cc2N2CCCC2)ccn1. The molecule has 1 aromatic carbocycles. The molecule has 2 aliphatic rings. The number of pyridine rings is 1. The number of nitrogens with zero attached hydrogens (tertiary/aromatic N) is 5. The van der Waals surface area contributed by atoms with Gasteiger partial charge in [-0.15, -0.1) is 0 Å². The van der Waals surface area contributed by atoms with Crippen LogP contribution in [0.25, 0.3) is 10.9 Å². The van der Waals surface area contributed by atoms with Crippen molar-refractivity contribution >= 4 is 28.2 Å². The molecule has 0 radical (unpaired) electrons. The zero-order valence-corrected chi connectivity index (χ0v) is 17.1. The van der Waals surface area contributed by atoms with Crippen LogP contribution < -0.4 is 15.5 Å². The molecule has 0 spiro atoms. The van der Waals surface area contributed by atoms with Gasteiger partial charge in [-0.2, -0.15) is 5.10 Å². The first kappa shape index (κ1) is 18.5. The highest BCUT2D eigenvalue weighted by Crippen LogP contribution is 2.44. The van der Waals surface area contributed by atoms with E-state index in [-0.39, 0.29) is 0 Å². The van der Waals surface area contributed by atoms with Crippen LogP contribution in [-0.4, -0.2) is 33.8 Å². The van der Waals surface area contributed by atoms with Gasteiger partial charge >= 0.3 is 0 Å². The van der Waals surface area contributed by atoms with Crippen molar-refractivity contribution in [2.45, 2.75) is 26.0 Å². The number of fused-ring (bicyclic) bond motifs is 1. The number of rotatable bonds is 4. The van der Waals surface area contributed by atoms with Gasteiger partial charge in [-0.3, -0.25) is 19.4 Å². The molecular weight excluding hydrogens is 380 g/mol. The number of carbonyl (C=O) groups is 1. The summed E-state index contributed by atoms with van der Waals surface area (Å²) in [5.74, 6) is -0.526. The molecule has 1 saturated heterocycles. The topological polar surface area (TPSA) is 89.5 Å². The third kappa shape index (κ3) is 2.96. The second-order valence-corrected chi connectivity index (χ2v) is 7.82. The fraction of sp³-hybridized carbons (Fsp3) is 0.318. The van der Waals surface area contributed by atoms with Crippen molar-refractivity contribution < 1.29 is 9.53 Å².